The van der Waals surface area contributed by atoms with Gasteiger partial charge in [-0.2, -0.15) is 16.4 Å². The van der Waals surface area contributed by atoms with E-state index in [2.05, 4.69) is 48.0 Å². The molecule has 0 saturated heterocycles. The number of nitrogens with two attached hydrogens (primary N) is 1. The van der Waals surface area contributed by atoms with Crippen molar-refractivity contribution in [2.75, 3.05) is 11.1 Å². The smallest absolute Gasteiger partial charge is 0.148 e. The first kappa shape index (κ1) is 13.0. The van der Waals surface area contributed by atoms with Crippen molar-refractivity contribution < 1.29 is 0 Å². The van der Waals surface area contributed by atoms with E-state index < -0.39 is 0 Å². The molecule has 2 aromatic rings. The second-order valence-corrected chi connectivity index (χ2v) is 5.63. The molecule has 3 N–H and O–H groups in total. The summed E-state index contributed by atoms with van der Waals surface area (Å²) in [5, 5.41) is 12.1. The van der Waals surface area contributed by atoms with Crippen LogP contribution in [0.1, 0.15) is 44.0 Å². The van der Waals surface area contributed by atoms with E-state index in [1.807, 2.05) is 11.7 Å². The van der Waals surface area contributed by atoms with Gasteiger partial charge < -0.3 is 11.1 Å². The van der Waals surface area contributed by atoms with Crippen LogP contribution in [0.3, 0.4) is 0 Å². The zero-order chi connectivity index (χ0) is 13.3. The van der Waals surface area contributed by atoms with Crippen LogP contribution in [0.5, 0.6) is 0 Å². The van der Waals surface area contributed by atoms with Gasteiger partial charge in [-0.1, -0.05) is 13.8 Å². The third kappa shape index (κ3) is 2.36. The van der Waals surface area contributed by atoms with E-state index in [0.29, 0.717) is 5.92 Å². The van der Waals surface area contributed by atoms with Crippen LogP contribution in [0.15, 0.2) is 16.8 Å². The maximum Gasteiger partial charge on any atom is 0.148 e. The van der Waals surface area contributed by atoms with Crippen LogP contribution >= 0.6 is 11.3 Å². The highest BCUT2D eigenvalue weighted by atomic mass is 32.1. The average molecular weight is 264 g/mol. The Bertz CT molecular complexity index is 513. The number of rotatable bonds is 4. The molecule has 98 valence electrons. The fourth-order valence-corrected chi connectivity index (χ4v) is 2.72. The number of nitrogens with one attached hydrogen (secondary N) is 1. The first-order valence-electron chi connectivity index (χ1n) is 6.11. The van der Waals surface area contributed by atoms with Crippen LogP contribution < -0.4 is 11.1 Å². The van der Waals surface area contributed by atoms with Gasteiger partial charge in [0, 0.05) is 7.05 Å². The molecule has 0 spiro atoms. The van der Waals surface area contributed by atoms with E-state index in [9.17, 15) is 0 Å². The summed E-state index contributed by atoms with van der Waals surface area (Å²) in [4.78, 5) is 0. The molecule has 0 aliphatic rings. The molecule has 0 aliphatic carbocycles. The van der Waals surface area contributed by atoms with Crippen LogP contribution in [0.2, 0.25) is 0 Å². The third-order valence-electron chi connectivity index (χ3n) is 3.06. The molecule has 18 heavy (non-hydrogen) atoms. The normalized spacial score (nSPS) is 12.9. The number of anilines is 2. The number of nitrogen functional groups attached to an aromatic ring is 1. The molecular weight excluding hydrogens is 244 g/mol. The molecular formula is C13H20N4S. The Morgan fingerprint density at radius 2 is 2.11 bits per heavy atom. The standard InChI is InChI=1S/C13H20N4S/c1-8(2)12-11(14)13(17(4)16-12)15-9(3)10-5-6-18-7-10/h5-9,15H,14H2,1-4H3. The molecule has 0 bridgehead atoms. The Balaban J connectivity index is 2.24. The maximum atomic E-state index is 6.16. The number of aromatic nitrogens is 2. The molecule has 0 aromatic carbocycles. The quantitative estimate of drug-likeness (QED) is 0.890. The third-order valence-corrected chi connectivity index (χ3v) is 3.76. The average Bonchev–Trinajstić information content (AvgIpc) is 2.92. The van der Waals surface area contributed by atoms with Gasteiger partial charge in [0.15, 0.2) is 0 Å². The Kier molecular flexibility index (Phi) is 3.61. The number of aryl methyl sites for hydroxylation is 1. The van der Waals surface area contributed by atoms with Crippen LogP contribution in [0.4, 0.5) is 11.5 Å². The van der Waals surface area contributed by atoms with Crippen molar-refractivity contribution >= 4 is 22.8 Å². The molecule has 0 saturated carbocycles. The second-order valence-electron chi connectivity index (χ2n) is 4.85. The van der Waals surface area contributed by atoms with E-state index >= 15 is 0 Å². The fraction of sp³-hybridized carbons (Fsp3) is 0.462. The van der Waals surface area contributed by atoms with Gasteiger partial charge in [-0.15, -0.1) is 0 Å². The lowest BCUT2D eigenvalue weighted by atomic mass is 10.1. The van der Waals surface area contributed by atoms with Crippen molar-refractivity contribution in [2.24, 2.45) is 7.05 Å². The van der Waals surface area contributed by atoms with Crippen molar-refractivity contribution in [2.45, 2.75) is 32.7 Å². The Hall–Kier alpha value is -1.49. The minimum absolute atomic E-state index is 0.231. The number of nitrogens with zero attached hydrogens (tertiary/aromatic N) is 2. The molecule has 2 aromatic heterocycles. The van der Waals surface area contributed by atoms with E-state index in [0.717, 1.165) is 17.2 Å². The molecule has 2 rings (SSSR count). The van der Waals surface area contributed by atoms with Crippen molar-refractivity contribution in [3.8, 4) is 0 Å². The minimum Gasteiger partial charge on any atom is -0.394 e. The van der Waals surface area contributed by atoms with Gasteiger partial charge in [-0.3, -0.25) is 4.68 Å². The van der Waals surface area contributed by atoms with Crippen LogP contribution in [0, 0.1) is 0 Å². The molecule has 0 aliphatic heterocycles. The van der Waals surface area contributed by atoms with Gasteiger partial charge in [-0.05, 0) is 35.2 Å². The molecule has 1 unspecified atom stereocenters. The van der Waals surface area contributed by atoms with Gasteiger partial charge >= 0.3 is 0 Å². The lowest BCUT2D eigenvalue weighted by Gasteiger charge is -2.14. The number of hydrogen-bond acceptors (Lipinski definition) is 4. The van der Waals surface area contributed by atoms with Crippen molar-refractivity contribution in [1.82, 2.24) is 9.78 Å². The maximum absolute atomic E-state index is 6.16. The number of hydrogen-bond donors (Lipinski definition) is 2. The van der Waals surface area contributed by atoms with E-state index in [1.54, 1.807) is 11.3 Å². The second kappa shape index (κ2) is 5.02. The summed E-state index contributed by atoms with van der Waals surface area (Å²) in [6, 6.07) is 2.35. The zero-order valence-electron chi connectivity index (χ0n) is 11.3. The topological polar surface area (TPSA) is 55.9 Å². The van der Waals surface area contributed by atoms with Gasteiger partial charge in [0.1, 0.15) is 5.82 Å². The first-order valence-corrected chi connectivity index (χ1v) is 7.06. The van der Waals surface area contributed by atoms with Gasteiger partial charge in [-0.25, -0.2) is 0 Å². The summed E-state index contributed by atoms with van der Waals surface area (Å²) in [6.07, 6.45) is 0. The monoisotopic (exact) mass is 264 g/mol. The first-order chi connectivity index (χ1) is 8.50. The highest BCUT2D eigenvalue weighted by molar-refractivity contribution is 7.07. The predicted molar refractivity (Wildman–Crippen MR) is 78.1 cm³/mol. The fourth-order valence-electron chi connectivity index (χ4n) is 1.97. The number of thiophene rings is 1. The minimum atomic E-state index is 0.231. The van der Waals surface area contributed by atoms with Gasteiger partial charge in [0.2, 0.25) is 0 Å². The highest BCUT2D eigenvalue weighted by Gasteiger charge is 2.17. The Morgan fingerprint density at radius 3 is 2.61 bits per heavy atom. The van der Waals surface area contributed by atoms with Crippen molar-refractivity contribution in [1.29, 1.82) is 0 Å². The molecule has 0 fully saturated rings. The summed E-state index contributed by atoms with van der Waals surface area (Å²) in [7, 11) is 1.92. The van der Waals surface area contributed by atoms with E-state index in [4.69, 9.17) is 5.73 Å². The molecule has 4 nitrogen and oxygen atoms in total. The molecule has 5 heteroatoms. The Labute approximate surface area is 112 Å². The van der Waals surface area contributed by atoms with Crippen LogP contribution in [-0.4, -0.2) is 9.78 Å². The Morgan fingerprint density at radius 1 is 1.39 bits per heavy atom. The largest absolute Gasteiger partial charge is 0.394 e. The summed E-state index contributed by atoms with van der Waals surface area (Å²) >= 11 is 1.70. The summed E-state index contributed by atoms with van der Waals surface area (Å²) in [6.45, 7) is 6.33. The van der Waals surface area contributed by atoms with E-state index in [1.165, 1.54) is 5.56 Å². The van der Waals surface area contributed by atoms with E-state index in [-0.39, 0.29) is 6.04 Å². The van der Waals surface area contributed by atoms with Gasteiger partial charge in [0.05, 0.1) is 17.4 Å². The molecule has 0 amide bonds. The molecule has 1 atom stereocenters. The van der Waals surface area contributed by atoms with Crippen molar-refractivity contribution in [3.05, 3.63) is 28.1 Å². The van der Waals surface area contributed by atoms with Crippen LogP contribution in [0.25, 0.3) is 0 Å². The lowest BCUT2D eigenvalue weighted by Crippen LogP contribution is -2.10. The van der Waals surface area contributed by atoms with Gasteiger partial charge in [0.25, 0.3) is 0 Å². The SMILES string of the molecule is CC(C)c1nn(C)c(NC(C)c2ccsc2)c1N. The summed E-state index contributed by atoms with van der Waals surface area (Å²) < 4.78 is 1.83. The summed E-state index contributed by atoms with van der Waals surface area (Å²) in [5.74, 6) is 1.24. The molecule has 0 radical (unpaired) electrons. The van der Waals surface area contributed by atoms with Crippen LogP contribution in [-0.2, 0) is 7.05 Å². The predicted octanol–water partition coefficient (Wildman–Crippen LogP) is 3.36. The summed E-state index contributed by atoms with van der Waals surface area (Å²) in [5.41, 5.74) is 9.15. The zero-order valence-corrected chi connectivity index (χ0v) is 12.1. The molecule has 2 heterocycles. The van der Waals surface area contributed by atoms with Crippen molar-refractivity contribution in [3.63, 3.8) is 0 Å². The lowest BCUT2D eigenvalue weighted by molar-refractivity contribution is 0.708. The highest BCUT2D eigenvalue weighted by Crippen LogP contribution is 2.30.